The zero-order valence-electron chi connectivity index (χ0n) is 12.2. The average molecular weight is 481 g/mol. The van der Waals surface area contributed by atoms with Gasteiger partial charge in [0, 0.05) is 9.52 Å². The molecule has 2 aliphatic carbocycles. The molecular formula is C15H23Cl2HfSi. The summed E-state index contributed by atoms with van der Waals surface area (Å²) in [5, 5.41) is 0. The summed E-state index contributed by atoms with van der Waals surface area (Å²) in [5.74, 6) is 0.661. The van der Waals surface area contributed by atoms with E-state index in [4.69, 9.17) is 0 Å². The van der Waals surface area contributed by atoms with E-state index in [0.29, 0.717) is 5.92 Å². The minimum absolute atomic E-state index is 0. The molecule has 4 heteroatoms. The smallest absolute Gasteiger partial charge is 1.00 e. The Bertz CT molecular complexity index is 272. The summed E-state index contributed by atoms with van der Waals surface area (Å²) < 4.78 is 0. The van der Waals surface area contributed by atoms with Crippen LogP contribution in [0.15, 0.2) is 36.0 Å². The van der Waals surface area contributed by atoms with E-state index in [0.717, 1.165) is 22.4 Å². The number of halogens is 2. The maximum absolute atomic E-state index is 3.26. The molecule has 0 bridgehead atoms. The Morgan fingerprint density at radius 2 is 1.68 bits per heavy atom. The van der Waals surface area contributed by atoms with E-state index in [9.17, 15) is 0 Å². The Kier molecular flexibility index (Phi) is 30.7. The van der Waals surface area contributed by atoms with E-state index in [2.05, 4.69) is 57.3 Å². The molecule has 0 aromatic carbocycles. The Morgan fingerprint density at radius 1 is 1.11 bits per heavy atom. The molecule has 0 spiro atoms. The number of hydrogen-bond donors (Lipinski definition) is 0. The summed E-state index contributed by atoms with van der Waals surface area (Å²) in [6, 6.07) is 0. The molecule has 0 saturated heterocycles. The quantitative estimate of drug-likeness (QED) is 0.306. The van der Waals surface area contributed by atoms with Gasteiger partial charge >= 0.3 is 25.8 Å². The molecule has 0 saturated carbocycles. The monoisotopic (exact) mass is 481 g/mol. The van der Waals surface area contributed by atoms with Gasteiger partial charge < -0.3 is 24.8 Å². The van der Waals surface area contributed by atoms with E-state index in [1.54, 1.807) is 0 Å². The van der Waals surface area contributed by atoms with Gasteiger partial charge in [0.05, 0.1) is 0 Å². The van der Waals surface area contributed by atoms with Crippen LogP contribution in [0.1, 0.15) is 26.7 Å². The largest absolute Gasteiger partial charge is 4.00 e. The van der Waals surface area contributed by atoms with Gasteiger partial charge in [0.25, 0.3) is 0 Å². The summed E-state index contributed by atoms with van der Waals surface area (Å²) in [7, 11) is 0.750. The van der Waals surface area contributed by atoms with E-state index < -0.39 is 0 Å². The maximum Gasteiger partial charge on any atom is 4.00 e. The standard InChI is InChI=1S/C8H11.C5H5.C2H7Si.2ClH.Hf/c1-7(2)8-5-3-4-6-8;1-2-4-5-3-1;1-3-2;;;/h3,5,7H,4H2,1-2H3;1-3H,4H2;3H,1-2H3;2*1H;/q2*-1;;;;+4/p-2. The third-order valence-corrected chi connectivity index (χ3v) is 1.93. The van der Waals surface area contributed by atoms with Crippen molar-refractivity contribution in [3.05, 3.63) is 48.1 Å². The Morgan fingerprint density at radius 3 is 1.84 bits per heavy atom. The molecule has 0 amide bonds. The summed E-state index contributed by atoms with van der Waals surface area (Å²) in [5.41, 5.74) is 1.37. The third-order valence-electron chi connectivity index (χ3n) is 1.93. The van der Waals surface area contributed by atoms with E-state index in [1.807, 2.05) is 12.2 Å². The molecule has 0 N–H and O–H groups in total. The Balaban J connectivity index is -0.0000000907. The minimum Gasteiger partial charge on any atom is -1.00 e. The van der Waals surface area contributed by atoms with Crippen molar-refractivity contribution in [2.24, 2.45) is 5.92 Å². The fraction of sp³-hybridized carbons (Fsp3) is 0.467. The SMILES string of the molecule is CC(C)C1=[C-]CC=C1.C[SiH]C.[C-]1=CC=CC1.[Cl-].[Cl-].[Hf+4]. The van der Waals surface area contributed by atoms with Gasteiger partial charge in [0.15, 0.2) is 0 Å². The van der Waals surface area contributed by atoms with Crippen molar-refractivity contribution in [2.45, 2.75) is 39.8 Å². The predicted octanol–water partition coefficient (Wildman–Crippen LogP) is -1.84. The van der Waals surface area contributed by atoms with Crippen LogP contribution in [0.2, 0.25) is 13.1 Å². The average Bonchev–Trinajstić information content (AvgIpc) is 2.96. The molecule has 0 aliphatic heterocycles. The first kappa shape index (κ1) is 27.9. The summed E-state index contributed by atoms with van der Waals surface area (Å²) in [4.78, 5) is 0. The zero-order valence-corrected chi connectivity index (χ0v) is 18.5. The van der Waals surface area contributed by atoms with Crippen molar-refractivity contribution in [1.29, 1.82) is 0 Å². The fourth-order valence-corrected chi connectivity index (χ4v) is 1.16. The molecule has 2 aliphatic rings. The van der Waals surface area contributed by atoms with Crippen LogP contribution in [0.4, 0.5) is 0 Å². The van der Waals surface area contributed by atoms with Gasteiger partial charge in [-0.05, 0) is 0 Å². The molecule has 0 atom stereocenters. The molecule has 0 aromatic heterocycles. The van der Waals surface area contributed by atoms with Crippen molar-refractivity contribution in [3.8, 4) is 0 Å². The van der Waals surface area contributed by atoms with Gasteiger partial charge in [-0.15, -0.1) is 12.8 Å². The van der Waals surface area contributed by atoms with E-state index in [1.165, 1.54) is 5.57 Å². The first-order valence-electron chi connectivity index (χ1n) is 5.95. The van der Waals surface area contributed by atoms with E-state index >= 15 is 0 Å². The second-order valence-corrected chi connectivity index (χ2v) is 5.13. The van der Waals surface area contributed by atoms with Crippen LogP contribution in [-0.2, 0) is 25.8 Å². The first-order valence-corrected chi connectivity index (χ1v) is 8.26. The molecule has 0 nitrogen and oxygen atoms in total. The molecule has 0 aromatic rings. The topological polar surface area (TPSA) is 0 Å². The van der Waals surface area contributed by atoms with Gasteiger partial charge in [-0.1, -0.05) is 32.9 Å². The summed E-state index contributed by atoms with van der Waals surface area (Å²) >= 11 is 0. The molecule has 2 rings (SSSR count). The van der Waals surface area contributed by atoms with Crippen molar-refractivity contribution in [1.82, 2.24) is 0 Å². The van der Waals surface area contributed by atoms with Gasteiger partial charge in [-0.2, -0.15) is 12.2 Å². The number of rotatable bonds is 1. The van der Waals surface area contributed by atoms with Gasteiger partial charge in [-0.3, -0.25) is 12.2 Å². The summed E-state index contributed by atoms with van der Waals surface area (Å²) in [6.45, 7) is 8.80. The third kappa shape index (κ3) is 18.6. The number of allylic oxidation sites excluding steroid dienone is 8. The second-order valence-electron chi connectivity index (χ2n) is 3.97. The summed E-state index contributed by atoms with van der Waals surface area (Å²) in [6.07, 6.45) is 18.6. The van der Waals surface area contributed by atoms with Crippen LogP contribution in [0.3, 0.4) is 0 Å². The van der Waals surface area contributed by atoms with Crippen LogP contribution in [-0.4, -0.2) is 9.52 Å². The van der Waals surface area contributed by atoms with Crippen molar-refractivity contribution in [3.63, 3.8) is 0 Å². The van der Waals surface area contributed by atoms with Crippen LogP contribution in [0.5, 0.6) is 0 Å². The molecule has 1 radical (unpaired) electrons. The van der Waals surface area contributed by atoms with Crippen molar-refractivity contribution >= 4 is 9.52 Å². The zero-order chi connectivity index (χ0) is 12.2. The van der Waals surface area contributed by atoms with Gasteiger partial charge in [-0.25, -0.2) is 23.8 Å². The van der Waals surface area contributed by atoms with Crippen LogP contribution < -0.4 is 24.8 Å². The van der Waals surface area contributed by atoms with Crippen molar-refractivity contribution in [2.75, 3.05) is 0 Å². The van der Waals surface area contributed by atoms with E-state index in [-0.39, 0.29) is 50.7 Å². The van der Waals surface area contributed by atoms with Crippen molar-refractivity contribution < 1.29 is 50.7 Å². The molecule has 0 unspecified atom stereocenters. The van der Waals surface area contributed by atoms with Crippen LogP contribution in [0, 0.1) is 18.1 Å². The van der Waals surface area contributed by atoms with Crippen LogP contribution >= 0.6 is 0 Å². The fourth-order valence-electron chi connectivity index (χ4n) is 1.16. The first-order chi connectivity index (χ1) is 7.72. The molecule has 105 valence electrons. The Labute approximate surface area is 153 Å². The molecule has 0 heterocycles. The predicted molar refractivity (Wildman–Crippen MR) is 75.8 cm³/mol. The number of hydrogen-bond acceptors (Lipinski definition) is 0. The maximum atomic E-state index is 3.26. The molecule has 0 fully saturated rings. The second kappa shape index (κ2) is 20.9. The Hall–Kier alpha value is 0.627. The van der Waals surface area contributed by atoms with Gasteiger partial charge in [0.1, 0.15) is 0 Å². The molecular weight excluding hydrogens is 458 g/mol. The van der Waals surface area contributed by atoms with Gasteiger partial charge in [0.2, 0.25) is 0 Å². The molecule has 19 heavy (non-hydrogen) atoms. The minimum atomic E-state index is 0. The normalized spacial score (nSPS) is 13.0. The van der Waals surface area contributed by atoms with Crippen LogP contribution in [0.25, 0.3) is 0 Å².